The molecule has 1 atom stereocenters. The summed E-state index contributed by atoms with van der Waals surface area (Å²) < 4.78 is 5.48. The second-order valence-corrected chi connectivity index (χ2v) is 8.66. The molecule has 1 aliphatic carbocycles. The van der Waals surface area contributed by atoms with Crippen LogP contribution >= 0.6 is 0 Å². The van der Waals surface area contributed by atoms with Gasteiger partial charge in [-0.25, -0.2) is 4.79 Å². The van der Waals surface area contributed by atoms with Crippen molar-refractivity contribution in [2.24, 2.45) is 11.3 Å². The van der Waals surface area contributed by atoms with E-state index in [9.17, 15) is 15.0 Å². The van der Waals surface area contributed by atoms with Gasteiger partial charge >= 0.3 is 6.09 Å². The maximum Gasteiger partial charge on any atom is 0.410 e. The zero-order valence-electron chi connectivity index (χ0n) is 15.1. The van der Waals surface area contributed by atoms with Crippen LogP contribution in [0.3, 0.4) is 0 Å². The van der Waals surface area contributed by atoms with E-state index in [1.54, 1.807) is 4.90 Å². The van der Waals surface area contributed by atoms with Crippen molar-refractivity contribution in [2.45, 2.75) is 77.4 Å². The molecule has 1 aliphatic heterocycles. The quantitative estimate of drug-likeness (QED) is 0.818. The lowest BCUT2D eigenvalue weighted by Crippen LogP contribution is -2.61. The topological polar surface area (TPSA) is 70.0 Å². The number of likely N-dealkylation sites (tertiary alicyclic amines) is 1. The van der Waals surface area contributed by atoms with Crippen LogP contribution < -0.4 is 0 Å². The fraction of sp³-hybridized carbons (Fsp3) is 0.944. The Hall–Kier alpha value is -0.810. The molecule has 1 unspecified atom stereocenters. The highest BCUT2D eigenvalue weighted by Gasteiger charge is 2.53. The molecular formula is C18H33NO4. The minimum atomic E-state index is -0.880. The van der Waals surface area contributed by atoms with E-state index in [2.05, 4.69) is 6.92 Å². The first-order chi connectivity index (χ1) is 10.6. The molecule has 1 saturated carbocycles. The predicted octanol–water partition coefficient (Wildman–Crippen LogP) is 2.94. The van der Waals surface area contributed by atoms with Crippen molar-refractivity contribution in [2.75, 3.05) is 19.7 Å². The molecule has 5 nitrogen and oxygen atoms in total. The fourth-order valence-corrected chi connectivity index (χ4v) is 4.04. The van der Waals surface area contributed by atoms with Gasteiger partial charge in [-0.2, -0.15) is 0 Å². The van der Waals surface area contributed by atoms with Crippen LogP contribution in [0.1, 0.15) is 66.2 Å². The SMILES string of the molecule is CC1CCC(O)(C2(CO)CCCN(C(=O)OC(C)(C)C)C2)CC1. The van der Waals surface area contributed by atoms with Crippen molar-refractivity contribution in [1.29, 1.82) is 0 Å². The Balaban J connectivity index is 2.14. The predicted molar refractivity (Wildman–Crippen MR) is 89.1 cm³/mol. The molecule has 2 fully saturated rings. The molecule has 0 spiro atoms. The third kappa shape index (κ3) is 4.00. The summed E-state index contributed by atoms with van der Waals surface area (Å²) in [5, 5.41) is 21.4. The monoisotopic (exact) mass is 327 g/mol. The van der Waals surface area contributed by atoms with Gasteiger partial charge in [-0.3, -0.25) is 0 Å². The van der Waals surface area contributed by atoms with Gasteiger partial charge in [0.25, 0.3) is 0 Å². The Morgan fingerprint density at radius 2 is 1.87 bits per heavy atom. The number of hydrogen-bond acceptors (Lipinski definition) is 4. The van der Waals surface area contributed by atoms with Gasteiger partial charge in [0.2, 0.25) is 0 Å². The highest BCUT2D eigenvalue weighted by Crippen LogP contribution is 2.48. The summed E-state index contributed by atoms with van der Waals surface area (Å²) in [6, 6.07) is 0. The van der Waals surface area contributed by atoms with Crippen LogP contribution in [-0.2, 0) is 4.74 Å². The van der Waals surface area contributed by atoms with Crippen molar-refractivity contribution in [1.82, 2.24) is 4.90 Å². The number of carbonyl (C=O) groups is 1. The lowest BCUT2D eigenvalue weighted by molar-refractivity contribution is -0.159. The van der Waals surface area contributed by atoms with Crippen LogP contribution in [0.5, 0.6) is 0 Å². The van der Waals surface area contributed by atoms with Gasteiger partial charge in [0, 0.05) is 18.5 Å². The molecule has 2 N–H and O–H groups in total. The Bertz CT molecular complexity index is 423. The first kappa shape index (κ1) is 18.5. The third-order valence-corrected chi connectivity index (χ3v) is 5.62. The normalized spacial score (nSPS) is 35.9. The molecule has 0 aromatic rings. The third-order valence-electron chi connectivity index (χ3n) is 5.62. The molecule has 0 aromatic heterocycles. The summed E-state index contributed by atoms with van der Waals surface area (Å²) in [5.41, 5.74) is -2.04. The molecule has 2 rings (SSSR count). The van der Waals surface area contributed by atoms with E-state index >= 15 is 0 Å². The van der Waals surface area contributed by atoms with Crippen LogP contribution in [-0.4, -0.2) is 52.1 Å². The van der Waals surface area contributed by atoms with Crippen molar-refractivity contribution in [3.05, 3.63) is 0 Å². The average Bonchev–Trinajstić information content (AvgIpc) is 2.48. The van der Waals surface area contributed by atoms with Gasteiger partial charge in [-0.05, 0) is 65.2 Å². The summed E-state index contributed by atoms with van der Waals surface area (Å²) >= 11 is 0. The van der Waals surface area contributed by atoms with Crippen molar-refractivity contribution < 1.29 is 19.7 Å². The molecule has 23 heavy (non-hydrogen) atoms. The summed E-state index contributed by atoms with van der Waals surface area (Å²) in [6.45, 7) is 8.68. The average molecular weight is 327 g/mol. The fourth-order valence-electron chi connectivity index (χ4n) is 4.04. The van der Waals surface area contributed by atoms with Gasteiger partial charge in [0.15, 0.2) is 0 Å². The van der Waals surface area contributed by atoms with Crippen molar-refractivity contribution in [3.8, 4) is 0 Å². The number of amides is 1. The Morgan fingerprint density at radius 1 is 1.26 bits per heavy atom. The largest absolute Gasteiger partial charge is 0.444 e. The van der Waals surface area contributed by atoms with Crippen LogP contribution in [0.25, 0.3) is 0 Å². The van der Waals surface area contributed by atoms with E-state index in [-0.39, 0.29) is 12.7 Å². The zero-order valence-corrected chi connectivity index (χ0v) is 15.1. The number of nitrogens with zero attached hydrogens (tertiary/aromatic N) is 1. The number of ether oxygens (including phenoxy) is 1. The molecule has 134 valence electrons. The molecule has 1 saturated heterocycles. The Morgan fingerprint density at radius 3 is 2.39 bits per heavy atom. The molecule has 5 heteroatoms. The van der Waals surface area contributed by atoms with Crippen molar-refractivity contribution >= 4 is 6.09 Å². The van der Waals surface area contributed by atoms with Gasteiger partial charge in [0.1, 0.15) is 5.60 Å². The summed E-state index contributed by atoms with van der Waals surface area (Å²) in [6.07, 6.45) is 4.57. The second kappa shape index (κ2) is 6.60. The maximum atomic E-state index is 12.4. The number of piperidine rings is 1. The zero-order chi connectivity index (χ0) is 17.3. The molecule has 0 bridgehead atoms. The number of hydrogen-bond donors (Lipinski definition) is 2. The highest BCUT2D eigenvalue weighted by atomic mass is 16.6. The highest BCUT2D eigenvalue weighted by molar-refractivity contribution is 5.68. The first-order valence-electron chi connectivity index (χ1n) is 8.92. The van der Waals surface area contributed by atoms with E-state index in [4.69, 9.17) is 4.74 Å². The Kier molecular flexibility index (Phi) is 5.31. The van der Waals surface area contributed by atoms with Crippen LogP contribution in [0.15, 0.2) is 0 Å². The Labute approximate surface area is 140 Å². The van der Waals surface area contributed by atoms with Gasteiger partial charge < -0.3 is 19.8 Å². The van der Waals surface area contributed by atoms with Gasteiger partial charge in [-0.15, -0.1) is 0 Å². The van der Waals surface area contributed by atoms with E-state index in [0.29, 0.717) is 31.8 Å². The van der Waals surface area contributed by atoms with Crippen LogP contribution in [0.4, 0.5) is 4.79 Å². The molecule has 0 aromatic carbocycles. The van der Waals surface area contributed by atoms with Gasteiger partial charge in [-0.1, -0.05) is 6.92 Å². The first-order valence-corrected chi connectivity index (χ1v) is 8.92. The minimum absolute atomic E-state index is 0.0861. The van der Waals surface area contributed by atoms with Crippen LogP contribution in [0.2, 0.25) is 0 Å². The second-order valence-electron chi connectivity index (χ2n) is 8.66. The van der Waals surface area contributed by atoms with E-state index < -0.39 is 16.6 Å². The number of carbonyl (C=O) groups excluding carboxylic acids is 1. The molecule has 2 aliphatic rings. The smallest absolute Gasteiger partial charge is 0.410 e. The lowest BCUT2D eigenvalue weighted by atomic mass is 9.60. The number of aliphatic hydroxyl groups is 2. The molecule has 0 radical (unpaired) electrons. The van der Waals surface area contributed by atoms with E-state index in [0.717, 1.165) is 25.7 Å². The minimum Gasteiger partial charge on any atom is -0.444 e. The van der Waals surface area contributed by atoms with E-state index in [1.165, 1.54) is 0 Å². The summed E-state index contributed by atoms with van der Waals surface area (Å²) in [4.78, 5) is 14.1. The number of rotatable bonds is 2. The summed E-state index contributed by atoms with van der Waals surface area (Å²) in [5.74, 6) is 0.622. The molecular weight excluding hydrogens is 294 g/mol. The molecule has 1 amide bonds. The van der Waals surface area contributed by atoms with E-state index in [1.807, 2.05) is 20.8 Å². The maximum absolute atomic E-state index is 12.4. The van der Waals surface area contributed by atoms with Crippen molar-refractivity contribution in [3.63, 3.8) is 0 Å². The van der Waals surface area contributed by atoms with Crippen LogP contribution in [0, 0.1) is 11.3 Å². The molecule has 1 heterocycles. The standard InChI is InChI=1S/C18H33NO4/c1-14-6-9-18(22,10-7-14)17(13-20)8-5-11-19(12-17)15(21)23-16(2,3)4/h14,20,22H,5-13H2,1-4H3. The van der Waals surface area contributed by atoms with Gasteiger partial charge in [0.05, 0.1) is 12.2 Å². The number of aliphatic hydroxyl groups excluding tert-OH is 1. The summed E-state index contributed by atoms with van der Waals surface area (Å²) in [7, 11) is 0. The lowest BCUT2D eigenvalue weighted by Gasteiger charge is -2.53.